The number of aromatic nitrogens is 1. The second kappa shape index (κ2) is 7.67. The minimum atomic E-state index is -2.64. The van der Waals surface area contributed by atoms with Crippen LogP contribution in [0.25, 0.3) is 0 Å². The topological polar surface area (TPSA) is 51.7 Å². The molecule has 0 saturated heterocycles. The van der Waals surface area contributed by atoms with Gasteiger partial charge in [-0.25, -0.2) is 18.2 Å². The molecule has 0 unspecified atom stereocenters. The second-order valence-electron chi connectivity index (χ2n) is 4.77. The SMILES string of the molecule is COc1cc(F)ccc1N(C)C(=O)c1ccnc(OCC(F)F)c1. The average molecular weight is 340 g/mol. The van der Waals surface area contributed by atoms with Gasteiger partial charge in [0.25, 0.3) is 12.3 Å². The van der Waals surface area contributed by atoms with E-state index < -0.39 is 24.8 Å². The van der Waals surface area contributed by atoms with Gasteiger partial charge in [0.1, 0.15) is 11.6 Å². The lowest BCUT2D eigenvalue weighted by atomic mass is 10.2. The van der Waals surface area contributed by atoms with Crippen molar-refractivity contribution in [3.05, 3.63) is 47.9 Å². The van der Waals surface area contributed by atoms with Crippen LogP contribution >= 0.6 is 0 Å². The number of ether oxygens (including phenoxy) is 2. The fraction of sp³-hybridized carbons (Fsp3) is 0.250. The van der Waals surface area contributed by atoms with Gasteiger partial charge in [0, 0.05) is 30.9 Å². The summed E-state index contributed by atoms with van der Waals surface area (Å²) in [5.41, 5.74) is 0.541. The smallest absolute Gasteiger partial charge is 0.272 e. The van der Waals surface area contributed by atoms with Crippen LogP contribution < -0.4 is 14.4 Å². The number of hydrogen-bond acceptors (Lipinski definition) is 4. The van der Waals surface area contributed by atoms with Crippen molar-refractivity contribution in [3.63, 3.8) is 0 Å². The van der Waals surface area contributed by atoms with Crippen LogP contribution in [0.2, 0.25) is 0 Å². The van der Waals surface area contributed by atoms with Crippen molar-refractivity contribution in [1.82, 2.24) is 4.98 Å². The predicted molar refractivity (Wildman–Crippen MR) is 81.4 cm³/mol. The molecule has 0 atom stereocenters. The van der Waals surface area contributed by atoms with Crippen LogP contribution in [0.4, 0.5) is 18.9 Å². The quantitative estimate of drug-likeness (QED) is 0.811. The molecule has 5 nitrogen and oxygen atoms in total. The van der Waals surface area contributed by atoms with Crippen LogP contribution in [-0.2, 0) is 0 Å². The highest BCUT2D eigenvalue weighted by Crippen LogP contribution is 2.29. The van der Waals surface area contributed by atoms with E-state index >= 15 is 0 Å². The first-order chi connectivity index (χ1) is 11.4. The molecule has 8 heteroatoms. The lowest BCUT2D eigenvalue weighted by molar-refractivity contribution is 0.0795. The molecule has 2 aromatic rings. The van der Waals surface area contributed by atoms with Crippen molar-refractivity contribution < 1.29 is 27.4 Å². The van der Waals surface area contributed by atoms with Crippen molar-refractivity contribution in [3.8, 4) is 11.6 Å². The van der Waals surface area contributed by atoms with E-state index in [-0.39, 0.29) is 17.2 Å². The lowest BCUT2D eigenvalue weighted by Crippen LogP contribution is -2.26. The number of halogens is 3. The van der Waals surface area contributed by atoms with Crippen LogP contribution in [0.1, 0.15) is 10.4 Å². The highest BCUT2D eigenvalue weighted by Gasteiger charge is 2.18. The Labute approximate surface area is 136 Å². The second-order valence-corrected chi connectivity index (χ2v) is 4.77. The zero-order valence-electron chi connectivity index (χ0n) is 13.0. The number of amides is 1. The molecule has 1 aromatic carbocycles. The number of hydrogen-bond donors (Lipinski definition) is 0. The Hall–Kier alpha value is -2.77. The zero-order valence-corrected chi connectivity index (χ0v) is 13.0. The van der Waals surface area contributed by atoms with E-state index in [1.807, 2.05) is 0 Å². The summed E-state index contributed by atoms with van der Waals surface area (Å²) in [7, 11) is 2.84. The largest absolute Gasteiger partial charge is 0.494 e. The number of alkyl halides is 2. The van der Waals surface area contributed by atoms with Crippen molar-refractivity contribution >= 4 is 11.6 Å². The molecule has 1 aromatic heterocycles. The first-order valence-electron chi connectivity index (χ1n) is 6.91. The molecule has 0 saturated carbocycles. The number of pyridine rings is 1. The molecule has 0 fully saturated rings. The maximum Gasteiger partial charge on any atom is 0.272 e. The summed E-state index contributed by atoms with van der Waals surface area (Å²) in [6.07, 6.45) is -1.36. The Kier molecular flexibility index (Phi) is 5.62. The minimum Gasteiger partial charge on any atom is -0.494 e. The summed E-state index contributed by atoms with van der Waals surface area (Å²) in [5.74, 6) is -0.845. The van der Waals surface area contributed by atoms with Gasteiger partial charge in [0.15, 0.2) is 6.61 Å². The Morgan fingerprint density at radius 3 is 2.71 bits per heavy atom. The lowest BCUT2D eigenvalue weighted by Gasteiger charge is -2.20. The summed E-state index contributed by atoms with van der Waals surface area (Å²) in [4.78, 5) is 17.6. The predicted octanol–water partition coefficient (Wildman–Crippen LogP) is 3.15. The number of anilines is 1. The Morgan fingerprint density at radius 1 is 1.29 bits per heavy atom. The number of carbonyl (C=O) groups excluding carboxylic acids is 1. The molecule has 1 amide bonds. The molecule has 128 valence electrons. The van der Waals surface area contributed by atoms with Gasteiger partial charge in [0.05, 0.1) is 12.8 Å². The highest BCUT2D eigenvalue weighted by atomic mass is 19.3. The molecule has 0 radical (unpaired) electrons. The molecule has 24 heavy (non-hydrogen) atoms. The van der Waals surface area contributed by atoms with E-state index in [1.165, 1.54) is 49.5 Å². The van der Waals surface area contributed by atoms with Crippen LogP contribution in [0.5, 0.6) is 11.6 Å². The number of benzene rings is 1. The Balaban J connectivity index is 2.23. The van der Waals surface area contributed by atoms with E-state index in [2.05, 4.69) is 4.98 Å². The van der Waals surface area contributed by atoms with Gasteiger partial charge in [-0.2, -0.15) is 0 Å². The van der Waals surface area contributed by atoms with Gasteiger partial charge in [-0.1, -0.05) is 0 Å². The maximum absolute atomic E-state index is 13.3. The molecular formula is C16H15F3N2O3. The monoisotopic (exact) mass is 340 g/mol. The third-order valence-corrected chi connectivity index (χ3v) is 3.15. The molecule has 2 rings (SSSR count). The Morgan fingerprint density at radius 2 is 2.04 bits per heavy atom. The van der Waals surface area contributed by atoms with Crippen LogP contribution in [-0.4, -0.2) is 38.1 Å². The van der Waals surface area contributed by atoms with Crippen molar-refractivity contribution in [2.45, 2.75) is 6.43 Å². The third-order valence-electron chi connectivity index (χ3n) is 3.15. The van der Waals surface area contributed by atoms with Gasteiger partial charge in [-0.15, -0.1) is 0 Å². The van der Waals surface area contributed by atoms with Gasteiger partial charge in [-0.05, 0) is 18.2 Å². The standard InChI is InChI=1S/C16H15F3N2O3/c1-21(12-4-3-11(17)8-13(12)23-2)16(22)10-5-6-20-15(7-10)24-9-14(18)19/h3-8,14H,9H2,1-2H3. The van der Waals surface area contributed by atoms with Crippen LogP contribution in [0.3, 0.4) is 0 Å². The zero-order chi connectivity index (χ0) is 17.7. The highest BCUT2D eigenvalue weighted by molar-refractivity contribution is 6.06. The summed E-state index contributed by atoms with van der Waals surface area (Å²) < 4.78 is 47.5. The number of nitrogens with zero attached hydrogens (tertiary/aromatic N) is 2. The molecular weight excluding hydrogens is 325 g/mol. The number of methoxy groups -OCH3 is 1. The van der Waals surface area contributed by atoms with Crippen LogP contribution in [0.15, 0.2) is 36.5 Å². The Bertz CT molecular complexity index is 725. The van der Waals surface area contributed by atoms with E-state index in [1.54, 1.807) is 0 Å². The van der Waals surface area contributed by atoms with Gasteiger partial charge in [0.2, 0.25) is 5.88 Å². The fourth-order valence-corrected chi connectivity index (χ4v) is 2.00. The van der Waals surface area contributed by atoms with Crippen molar-refractivity contribution in [1.29, 1.82) is 0 Å². The first-order valence-corrected chi connectivity index (χ1v) is 6.91. The molecule has 0 aliphatic heterocycles. The summed E-state index contributed by atoms with van der Waals surface area (Å²) in [5, 5.41) is 0. The normalized spacial score (nSPS) is 10.6. The fourth-order valence-electron chi connectivity index (χ4n) is 2.00. The third kappa shape index (κ3) is 4.15. The average Bonchev–Trinajstić information content (AvgIpc) is 2.58. The summed E-state index contributed by atoms with van der Waals surface area (Å²) in [6.45, 7) is -0.813. The molecule has 0 spiro atoms. The van der Waals surface area contributed by atoms with Crippen LogP contribution in [0, 0.1) is 5.82 Å². The van der Waals surface area contributed by atoms with E-state index in [0.29, 0.717) is 5.69 Å². The van der Waals surface area contributed by atoms with Crippen molar-refractivity contribution in [2.75, 3.05) is 25.7 Å². The van der Waals surface area contributed by atoms with Gasteiger partial charge >= 0.3 is 0 Å². The molecule has 0 aliphatic carbocycles. The van der Waals surface area contributed by atoms with Crippen molar-refractivity contribution in [2.24, 2.45) is 0 Å². The van der Waals surface area contributed by atoms with E-state index in [4.69, 9.17) is 9.47 Å². The maximum atomic E-state index is 13.3. The minimum absolute atomic E-state index is 0.0828. The first kappa shape index (κ1) is 17.6. The molecule has 0 N–H and O–H groups in total. The summed E-state index contributed by atoms with van der Waals surface area (Å²) in [6, 6.07) is 6.44. The van der Waals surface area contributed by atoms with Gasteiger partial charge in [-0.3, -0.25) is 4.79 Å². The molecule has 0 aliphatic rings. The van der Waals surface area contributed by atoms with E-state index in [9.17, 15) is 18.0 Å². The molecule has 1 heterocycles. The van der Waals surface area contributed by atoms with E-state index in [0.717, 1.165) is 6.07 Å². The number of rotatable bonds is 6. The van der Waals surface area contributed by atoms with Gasteiger partial charge < -0.3 is 14.4 Å². The summed E-state index contributed by atoms with van der Waals surface area (Å²) >= 11 is 0. The molecule has 0 bridgehead atoms. The number of carbonyl (C=O) groups is 1.